The fourth-order valence-corrected chi connectivity index (χ4v) is 6.95. The van der Waals surface area contributed by atoms with Gasteiger partial charge in [-0.1, -0.05) is 17.7 Å². The molecule has 3 aliphatic heterocycles. The van der Waals surface area contributed by atoms with Crippen LogP contribution >= 0.6 is 0 Å². The van der Waals surface area contributed by atoms with Crippen LogP contribution in [0.1, 0.15) is 18.4 Å². The third-order valence-corrected chi connectivity index (χ3v) is 7.94. The molecule has 0 amide bonds. The molecule has 0 radical (unpaired) electrons. The second kappa shape index (κ2) is 4.76. The first-order valence-electron chi connectivity index (χ1n) is 8.44. The number of fused-ring (bicyclic) bond motifs is 2. The quantitative estimate of drug-likeness (QED) is 0.827. The molecule has 3 heterocycles. The van der Waals surface area contributed by atoms with Gasteiger partial charge < -0.3 is 10.1 Å². The van der Waals surface area contributed by atoms with Crippen molar-refractivity contribution in [3.63, 3.8) is 0 Å². The first kappa shape index (κ1) is 14.8. The van der Waals surface area contributed by atoms with Crippen molar-refractivity contribution in [2.24, 2.45) is 17.8 Å². The largest absolute Gasteiger partial charge is 0.460 e. The summed E-state index contributed by atoms with van der Waals surface area (Å²) in [6.07, 6.45) is 0.603. The van der Waals surface area contributed by atoms with Crippen LogP contribution in [0.15, 0.2) is 29.2 Å². The van der Waals surface area contributed by atoms with Crippen LogP contribution < -0.4 is 5.32 Å². The Bertz CT molecular complexity index is 776. The second-order valence-electron chi connectivity index (χ2n) is 7.60. The summed E-state index contributed by atoms with van der Waals surface area (Å²) in [4.78, 5) is 25.2. The highest BCUT2D eigenvalue weighted by molar-refractivity contribution is 7.85. The molecule has 1 aromatic rings. The van der Waals surface area contributed by atoms with E-state index in [9.17, 15) is 13.8 Å². The lowest BCUT2D eigenvalue weighted by Crippen LogP contribution is -2.58. The lowest BCUT2D eigenvalue weighted by molar-refractivity contribution is -0.144. The van der Waals surface area contributed by atoms with E-state index in [-0.39, 0.29) is 41.7 Å². The Morgan fingerprint density at radius 2 is 1.92 bits per heavy atom. The maximum absolute atomic E-state index is 13.0. The van der Waals surface area contributed by atoms with Gasteiger partial charge in [-0.05, 0) is 19.1 Å². The molecule has 1 N–H and O–H groups in total. The fourth-order valence-electron chi connectivity index (χ4n) is 5.40. The Morgan fingerprint density at radius 3 is 2.67 bits per heavy atom. The van der Waals surface area contributed by atoms with Gasteiger partial charge in [0.2, 0.25) is 0 Å². The van der Waals surface area contributed by atoms with E-state index < -0.39 is 16.3 Å². The number of aryl methyl sites for hydroxylation is 1. The zero-order chi connectivity index (χ0) is 16.6. The zero-order valence-corrected chi connectivity index (χ0v) is 14.2. The van der Waals surface area contributed by atoms with Crippen LogP contribution in [0, 0.1) is 24.7 Å². The van der Waals surface area contributed by atoms with Crippen molar-refractivity contribution in [3.8, 4) is 0 Å². The molecule has 0 aromatic heterocycles. The molecule has 5 nitrogen and oxygen atoms in total. The molecular formula is C18H19NO4S. The second-order valence-corrected chi connectivity index (χ2v) is 9.05. The Hall–Kier alpha value is -1.53. The van der Waals surface area contributed by atoms with Crippen molar-refractivity contribution in [1.82, 2.24) is 5.32 Å². The van der Waals surface area contributed by atoms with Crippen molar-refractivity contribution >= 4 is 22.6 Å². The number of rotatable bonds is 3. The highest BCUT2D eigenvalue weighted by atomic mass is 32.2. The van der Waals surface area contributed by atoms with Gasteiger partial charge in [-0.15, -0.1) is 0 Å². The molecule has 1 saturated carbocycles. The summed E-state index contributed by atoms with van der Waals surface area (Å²) in [6.45, 7) is 2.00. The molecule has 1 aliphatic carbocycles. The molecule has 6 heteroatoms. The van der Waals surface area contributed by atoms with Crippen LogP contribution in [0.25, 0.3) is 0 Å². The molecule has 0 spiro atoms. The minimum absolute atomic E-state index is 0.00406. The summed E-state index contributed by atoms with van der Waals surface area (Å²) in [7, 11) is -1.17. The maximum atomic E-state index is 13.0. The third-order valence-electron chi connectivity index (χ3n) is 6.40. The monoisotopic (exact) mass is 345 g/mol. The van der Waals surface area contributed by atoms with Gasteiger partial charge in [-0.25, -0.2) is 0 Å². The van der Waals surface area contributed by atoms with Gasteiger partial charge in [0.1, 0.15) is 11.9 Å². The molecule has 2 bridgehead atoms. The molecule has 1 aromatic carbocycles. The lowest BCUT2D eigenvalue weighted by Gasteiger charge is -2.44. The van der Waals surface area contributed by atoms with Crippen LogP contribution in [0.2, 0.25) is 0 Å². The summed E-state index contributed by atoms with van der Waals surface area (Å²) >= 11 is 0. The van der Waals surface area contributed by atoms with E-state index in [1.165, 1.54) is 0 Å². The van der Waals surface area contributed by atoms with E-state index >= 15 is 0 Å². The topological polar surface area (TPSA) is 72.5 Å². The lowest BCUT2D eigenvalue weighted by atomic mass is 9.60. The van der Waals surface area contributed by atoms with Gasteiger partial charge in [0.05, 0.1) is 22.8 Å². The molecular weight excluding hydrogens is 326 g/mol. The van der Waals surface area contributed by atoms with E-state index in [1.807, 2.05) is 31.2 Å². The van der Waals surface area contributed by atoms with Gasteiger partial charge in [0.15, 0.2) is 0 Å². The number of Topliss-reactive ketones (excluding diaryl/α,β-unsaturated/α-hetero) is 1. The molecule has 24 heavy (non-hydrogen) atoms. The maximum Gasteiger partial charge on any atom is 0.311 e. The predicted molar refractivity (Wildman–Crippen MR) is 86.7 cm³/mol. The Morgan fingerprint density at radius 1 is 1.21 bits per heavy atom. The predicted octanol–water partition coefficient (Wildman–Crippen LogP) is 0.964. The van der Waals surface area contributed by atoms with E-state index in [1.54, 1.807) is 0 Å². The first-order chi connectivity index (χ1) is 11.5. The molecule has 3 saturated heterocycles. The van der Waals surface area contributed by atoms with Gasteiger partial charge in [-0.2, -0.15) is 0 Å². The number of nitrogens with one attached hydrogen (secondary N) is 1. The summed E-state index contributed by atoms with van der Waals surface area (Å²) in [5, 5.41) is 3.58. The van der Waals surface area contributed by atoms with Crippen LogP contribution in [-0.4, -0.2) is 39.4 Å². The van der Waals surface area contributed by atoms with Crippen molar-refractivity contribution < 1.29 is 18.5 Å². The third kappa shape index (κ3) is 1.76. The zero-order valence-electron chi connectivity index (χ0n) is 13.4. The number of hydrogen-bond donors (Lipinski definition) is 1. The standard InChI is InChI=1S/C18H19NO4S/c1-9-2-4-11(5-3-9)24(22)8-18-12-6-10(20)7-13(18)16-15(19-18)14(12)17(21)23-16/h2-5,12-16,19H,6-8H2,1H3/t12-,13+,14+,15-,16-,18+,24?/m0/s1. The number of ether oxygens (including phenoxy) is 1. The normalized spacial score (nSPS) is 43.1. The number of carbonyl (C=O) groups is 2. The van der Waals surface area contributed by atoms with E-state index in [4.69, 9.17) is 4.74 Å². The van der Waals surface area contributed by atoms with Crippen LogP contribution in [-0.2, 0) is 25.1 Å². The molecule has 1 unspecified atom stereocenters. The summed E-state index contributed by atoms with van der Waals surface area (Å²) in [5.74, 6) is 0.115. The Labute approximate surface area is 142 Å². The summed E-state index contributed by atoms with van der Waals surface area (Å²) in [5.41, 5.74) is 0.726. The van der Waals surface area contributed by atoms with Crippen molar-refractivity contribution in [2.45, 2.75) is 42.3 Å². The van der Waals surface area contributed by atoms with Crippen LogP contribution in [0.4, 0.5) is 0 Å². The highest BCUT2D eigenvalue weighted by Crippen LogP contribution is 2.60. The SMILES string of the molecule is Cc1ccc(S(=O)C[C@@]23N[C@@H]4[C@H]5OC(=O)[C@@H]4[C@@H]2CC(=O)C[C@H]53)cc1. The fraction of sp³-hybridized carbons (Fsp3) is 0.556. The number of hydrogen-bond acceptors (Lipinski definition) is 5. The number of esters is 1. The molecule has 7 atom stereocenters. The van der Waals surface area contributed by atoms with Gasteiger partial charge in [0, 0.05) is 40.9 Å². The van der Waals surface area contributed by atoms with E-state index in [0.717, 1.165) is 10.5 Å². The molecule has 4 fully saturated rings. The van der Waals surface area contributed by atoms with Crippen LogP contribution in [0.3, 0.4) is 0 Å². The minimum atomic E-state index is -1.17. The van der Waals surface area contributed by atoms with Crippen molar-refractivity contribution in [2.75, 3.05) is 5.75 Å². The Kier molecular flexibility index (Phi) is 2.93. The number of ketones is 1. The smallest absolute Gasteiger partial charge is 0.311 e. The minimum Gasteiger partial charge on any atom is -0.460 e. The van der Waals surface area contributed by atoms with E-state index in [0.29, 0.717) is 18.6 Å². The number of carbonyl (C=O) groups excluding carboxylic acids is 2. The van der Waals surface area contributed by atoms with Crippen molar-refractivity contribution in [1.29, 1.82) is 0 Å². The summed E-state index contributed by atoms with van der Waals surface area (Å²) in [6, 6.07) is 7.73. The average Bonchev–Trinajstić information content (AvgIpc) is 3.11. The van der Waals surface area contributed by atoms with Gasteiger partial charge in [0.25, 0.3) is 0 Å². The van der Waals surface area contributed by atoms with Gasteiger partial charge in [-0.3, -0.25) is 13.8 Å². The molecule has 5 rings (SSSR count). The van der Waals surface area contributed by atoms with Crippen molar-refractivity contribution in [3.05, 3.63) is 29.8 Å². The first-order valence-corrected chi connectivity index (χ1v) is 9.76. The van der Waals surface area contributed by atoms with E-state index in [2.05, 4.69) is 5.32 Å². The summed E-state index contributed by atoms with van der Waals surface area (Å²) < 4.78 is 18.6. The van der Waals surface area contributed by atoms with Gasteiger partial charge >= 0.3 is 5.97 Å². The highest BCUT2D eigenvalue weighted by Gasteiger charge is 2.75. The molecule has 4 aliphatic rings. The Balaban J connectivity index is 1.51. The molecule has 126 valence electrons. The van der Waals surface area contributed by atoms with Crippen LogP contribution in [0.5, 0.6) is 0 Å². The number of benzene rings is 1. The average molecular weight is 345 g/mol.